The van der Waals surface area contributed by atoms with E-state index in [4.69, 9.17) is 14.9 Å². The van der Waals surface area contributed by atoms with Crippen LogP contribution in [-0.2, 0) is 14.3 Å². The molecule has 0 aliphatic carbocycles. The number of carbonyl (C=O) groups excluding carboxylic acids is 1. The molecule has 0 heterocycles. The van der Waals surface area contributed by atoms with Gasteiger partial charge in [-0.3, -0.25) is 4.79 Å². The normalized spacial score (nSPS) is 12.6. The number of aliphatic hydroxyl groups is 2. The van der Waals surface area contributed by atoms with Gasteiger partial charge in [0.25, 0.3) is 0 Å². The number of esters is 1. The quantitative estimate of drug-likeness (QED) is 0.399. The van der Waals surface area contributed by atoms with E-state index in [0.29, 0.717) is 0 Å². The molecule has 0 rings (SSSR count). The summed E-state index contributed by atoms with van der Waals surface area (Å²) in [5, 5.41) is 17.1. The summed E-state index contributed by atoms with van der Waals surface area (Å²) in [5.74, 6) is -0.360. The smallest absolute Gasteiger partial charge is 0.302 e. The molecule has 5 heteroatoms. The molecule has 0 bridgehead atoms. The average molecular weight is 178 g/mol. The minimum atomic E-state index is -0.859. The van der Waals surface area contributed by atoms with Gasteiger partial charge in [0.2, 0.25) is 0 Å². The largest absolute Gasteiger partial charge is 0.463 e. The van der Waals surface area contributed by atoms with Crippen molar-refractivity contribution >= 4 is 5.97 Å². The molecule has 2 N–H and O–H groups in total. The Balaban J connectivity index is 3.05. The molecule has 0 saturated heterocycles. The molecule has 0 radical (unpaired) electrons. The first kappa shape index (κ1) is 11.4. The molecule has 0 fully saturated rings. The van der Waals surface area contributed by atoms with Crippen LogP contribution in [0.5, 0.6) is 0 Å². The summed E-state index contributed by atoms with van der Waals surface area (Å²) in [7, 11) is 0. The first-order valence-corrected chi connectivity index (χ1v) is 3.67. The molecule has 1 atom stereocenters. The van der Waals surface area contributed by atoms with Crippen LogP contribution in [0.3, 0.4) is 0 Å². The first-order chi connectivity index (χ1) is 5.66. The fraction of sp³-hybridized carbons (Fsp3) is 0.857. The van der Waals surface area contributed by atoms with E-state index in [1.807, 2.05) is 0 Å². The van der Waals surface area contributed by atoms with E-state index >= 15 is 0 Å². The van der Waals surface area contributed by atoms with Gasteiger partial charge >= 0.3 is 5.97 Å². The predicted octanol–water partition coefficient (Wildman–Crippen LogP) is -1.08. The van der Waals surface area contributed by atoms with Crippen LogP contribution < -0.4 is 0 Å². The van der Waals surface area contributed by atoms with E-state index in [2.05, 4.69) is 4.74 Å². The Labute approximate surface area is 70.9 Å². The number of hydrogen-bond donors (Lipinski definition) is 2. The number of hydrogen-bond acceptors (Lipinski definition) is 5. The van der Waals surface area contributed by atoms with Crippen molar-refractivity contribution in [3.05, 3.63) is 0 Å². The Morgan fingerprint density at radius 2 is 2.17 bits per heavy atom. The van der Waals surface area contributed by atoms with E-state index in [9.17, 15) is 4.79 Å². The zero-order valence-electron chi connectivity index (χ0n) is 7.02. The fourth-order valence-electron chi connectivity index (χ4n) is 0.516. The molecule has 0 aromatic rings. The van der Waals surface area contributed by atoms with Gasteiger partial charge in [-0.25, -0.2) is 0 Å². The molecule has 0 aliphatic heterocycles. The highest BCUT2D eigenvalue weighted by Crippen LogP contribution is 1.84. The highest BCUT2D eigenvalue weighted by molar-refractivity contribution is 5.65. The lowest BCUT2D eigenvalue weighted by Gasteiger charge is -2.07. The van der Waals surface area contributed by atoms with Crippen LogP contribution in [0.4, 0.5) is 0 Å². The minimum absolute atomic E-state index is 0.0533. The van der Waals surface area contributed by atoms with Crippen molar-refractivity contribution in [1.29, 1.82) is 0 Å². The lowest BCUT2D eigenvalue weighted by molar-refractivity contribution is -0.142. The van der Waals surface area contributed by atoms with Crippen molar-refractivity contribution in [3.63, 3.8) is 0 Å². The molecule has 0 aliphatic rings. The van der Waals surface area contributed by atoms with Gasteiger partial charge in [0.1, 0.15) is 12.7 Å². The molecule has 0 amide bonds. The average Bonchev–Trinajstić information content (AvgIpc) is 2.03. The number of ether oxygens (including phenoxy) is 2. The van der Waals surface area contributed by atoms with Crippen LogP contribution in [-0.4, -0.2) is 48.7 Å². The zero-order chi connectivity index (χ0) is 9.40. The Bertz CT molecular complexity index is 125. The summed E-state index contributed by atoms with van der Waals surface area (Å²) in [6, 6.07) is 0. The van der Waals surface area contributed by atoms with Gasteiger partial charge < -0.3 is 19.7 Å². The van der Waals surface area contributed by atoms with E-state index in [1.165, 1.54) is 6.92 Å². The third-order valence-electron chi connectivity index (χ3n) is 1.05. The van der Waals surface area contributed by atoms with E-state index in [0.717, 1.165) is 0 Å². The predicted molar refractivity (Wildman–Crippen MR) is 40.5 cm³/mol. The molecule has 0 aromatic carbocycles. The fourth-order valence-corrected chi connectivity index (χ4v) is 0.516. The maximum absolute atomic E-state index is 10.2. The van der Waals surface area contributed by atoms with Crippen LogP contribution in [0.15, 0.2) is 0 Å². The molecule has 0 spiro atoms. The van der Waals surface area contributed by atoms with Crippen LogP contribution in [0.2, 0.25) is 0 Å². The monoisotopic (exact) mass is 178 g/mol. The Kier molecular flexibility index (Phi) is 6.64. The van der Waals surface area contributed by atoms with Crippen molar-refractivity contribution in [3.8, 4) is 0 Å². The number of aliphatic hydroxyl groups excluding tert-OH is 2. The molecule has 5 nitrogen and oxygen atoms in total. The van der Waals surface area contributed by atoms with E-state index in [-0.39, 0.29) is 32.4 Å². The van der Waals surface area contributed by atoms with Gasteiger partial charge in [0.15, 0.2) is 0 Å². The lowest BCUT2D eigenvalue weighted by atomic mass is 10.4. The topological polar surface area (TPSA) is 76.0 Å². The van der Waals surface area contributed by atoms with Crippen molar-refractivity contribution in [2.24, 2.45) is 0 Å². The van der Waals surface area contributed by atoms with Crippen molar-refractivity contribution in [1.82, 2.24) is 0 Å². The van der Waals surface area contributed by atoms with E-state index < -0.39 is 6.10 Å². The summed E-state index contributed by atoms with van der Waals surface area (Å²) in [6.07, 6.45) is -0.859. The lowest BCUT2D eigenvalue weighted by Crippen LogP contribution is -2.21. The zero-order valence-corrected chi connectivity index (χ0v) is 7.02. The van der Waals surface area contributed by atoms with Crippen LogP contribution in [0.1, 0.15) is 6.92 Å². The maximum atomic E-state index is 10.2. The molecule has 1 unspecified atom stereocenters. The highest BCUT2D eigenvalue weighted by Gasteiger charge is 2.00. The highest BCUT2D eigenvalue weighted by atomic mass is 16.6. The van der Waals surface area contributed by atoms with Gasteiger partial charge in [-0.1, -0.05) is 0 Å². The molecule has 0 aromatic heterocycles. The van der Waals surface area contributed by atoms with Crippen LogP contribution in [0.25, 0.3) is 0 Å². The first-order valence-electron chi connectivity index (χ1n) is 3.67. The Hall–Kier alpha value is -0.650. The van der Waals surface area contributed by atoms with Crippen molar-refractivity contribution in [2.45, 2.75) is 13.0 Å². The Morgan fingerprint density at radius 1 is 1.50 bits per heavy atom. The third-order valence-corrected chi connectivity index (χ3v) is 1.05. The van der Waals surface area contributed by atoms with Gasteiger partial charge in [-0.2, -0.15) is 0 Å². The second-order valence-corrected chi connectivity index (χ2v) is 2.25. The SMILES string of the molecule is CC(=O)OCCOCC(O)CO. The van der Waals surface area contributed by atoms with E-state index in [1.54, 1.807) is 0 Å². The van der Waals surface area contributed by atoms with Gasteiger partial charge in [0.05, 0.1) is 19.8 Å². The van der Waals surface area contributed by atoms with Crippen LogP contribution >= 0.6 is 0 Å². The second-order valence-electron chi connectivity index (χ2n) is 2.25. The van der Waals surface area contributed by atoms with Crippen molar-refractivity contribution in [2.75, 3.05) is 26.4 Å². The molecule has 0 saturated carbocycles. The summed E-state index contributed by atoms with van der Waals surface area (Å²) >= 11 is 0. The Morgan fingerprint density at radius 3 is 2.67 bits per heavy atom. The third kappa shape index (κ3) is 7.46. The summed E-state index contributed by atoms with van der Waals surface area (Å²) < 4.78 is 9.40. The number of rotatable bonds is 6. The van der Waals surface area contributed by atoms with Gasteiger partial charge in [-0.05, 0) is 0 Å². The molecular formula is C7H14O5. The molecule has 72 valence electrons. The van der Waals surface area contributed by atoms with Crippen LogP contribution in [0, 0.1) is 0 Å². The standard InChI is InChI=1S/C7H14O5/c1-6(9)12-3-2-11-5-7(10)4-8/h7-8,10H,2-5H2,1H3. The summed E-state index contributed by atoms with van der Waals surface area (Å²) in [4.78, 5) is 10.2. The van der Waals surface area contributed by atoms with Gasteiger partial charge in [0, 0.05) is 6.92 Å². The maximum Gasteiger partial charge on any atom is 0.302 e. The van der Waals surface area contributed by atoms with Gasteiger partial charge in [-0.15, -0.1) is 0 Å². The second kappa shape index (κ2) is 7.02. The number of carbonyl (C=O) groups is 1. The summed E-state index contributed by atoms with van der Waals surface area (Å²) in [6.45, 7) is 1.44. The molecular weight excluding hydrogens is 164 g/mol. The van der Waals surface area contributed by atoms with Crippen molar-refractivity contribution < 1.29 is 24.5 Å². The summed E-state index contributed by atoms with van der Waals surface area (Å²) in [5.41, 5.74) is 0. The molecule has 12 heavy (non-hydrogen) atoms. The minimum Gasteiger partial charge on any atom is -0.463 e.